The fourth-order valence-electron chi connectivity index (χ4n) is 2.95. The van der Waals surface area contributed by atoms with Crippen LogP contribution in [0.2, 0.25) is 0 Å². The van der Waals surface area contributed by atoms with Crippen LogP contribution in [-0.2, 0) is 4.79 Å². The van der Waals surface area contributed by atoms with E-state index in [0.717, 1.165) is 19.0 Å². The van der Waals surface area contributed by atoms with E-state index in [-0.39, 0.29) is 11.7 Å². The fourth-order valence-corrected chi connectivity index (χ4v) is 3.77. The smallest absolute Gasteiger partial charge is 0.264 e. The van der Waals surface area contributed by atoms with Gasteiger partial charge in [0, 0.05) is 25.2 Å². The lowest BCUT2D eigenvalue weighted by molar-refractivity contribution is -0.115. The van der Waals surface area contributed by atoms with E-state index in [4.69, 9.17) is 4.42 Å². The van der Waals surface area contributed by atoms with Gasteiger partial charge in [-0.15, -0.1) is 0 Å². The van der Waals surface area contributed by atoms with E-state index in [0.29, 0.717) is 21.5 Å². The van der Waals surface area contributed by atoms with Crippen LogP contribution in [-0.4, -0.2) is 24.2 Å². The standard InChI is InChI=1S/C19H18FN3O2S/c20-13-4-6-14(7-5-13)21-19-22-18(24)16(26-19)12-15-8-9-17(25-15)23-10-2-1-3-11-23/h4-9,12H,1-3,10-11H2,(H,21,22,24). The number of carbonyl (C=O) groups is 1. The van der Waals surface area contributed by atoms with Gasteiger partial charge in [-0.3, -0.25) is 4.79 Å². The average Bonchev–Trinajstić information content (AvgIpc) is 3.25. The number of rotatable bonds is 3. The molecule has 1 amide bonds. The molecule has 0 saturated carbocycles. The molecule has 2 fully saturated rings. The first kappa shape index (κ1) is 16.9. The number of thioether (sulfide) groups is 1. The van der Waals surface area contributed by atoms with Gasteiger partial charge in [-0.2, -0.15) is 0 Å². The highest BCUT2D eigenvalue weighted by molar-refractivity contribution is 8.18. The maximum Gasteiger partial charge on any atom is 0.264 e. The van der Waals surface area contributed by atoms with Gasteiger partial charge in [0.15, 0.2) is 11.1 Å². The van der Waals surface area contributed by atoms with E-state index in [1.807, 2.05) is 12.1 Å². The molecule has 0 bridgehead atoms. The first-order chi connectivity index (χ1) is 12.7. The van der Waals surface area contributed by atoms with Crippen molar-refractivity contribution in [2.24, 2.45) is 4.99 Å². The van der Waals surface area contributed by atoms with Gasteiger partial charge in [0.2, 0.25) is 0 Å². The van der Waals surface area contributed by atoms with Gasteiger partial charge in [0.05, 0.1) is 10.6 Å². The predicted molar refractivity (Wildman–Crippen MR) is 102 cm³/mol. The van der Waals surface area contributed by atoms with Crippen molar-refractivity contribution in [2.75, 3.05) is 18.0 Å². The van der Waals surface area contributed by atoms with Crippen LogP contribution in [0.5, 0.6) is 0 Å². The Morgan fingerprint density at radius 1 is 1.12 bits per heavy atom. The Balaban J connectivity index is 1.48. The van der Waals surface area contributed by atoms with Crippen molar-refractivity contribution in [3.05, 3.63) is 52.9 Å². The predicted octanol–water partition coefficient (Wildman–Crippen LogP) is 4.30. The van der Waals surface area contributed by atoms with Crippen LogP contribution in [0.25, 0.3) is 6.08 Å². The molecule has 0 aliphatic carbocycles. The number of piperidine rings is 1. The van der Waals surface area contributed by atoms with Gasteiger partial charge in [0.25, 0.3) is 5.91 Å². The Labute approximate surface area is 155 Å². The molecule has 3 heterocycles. The van der Waals surface area contributed by atoms with E-state index in [9.17, 15) is 9.18 Å². The number of aliphatic imine (C=N–C) groups is 1. The summed E-state index contributed by atoms with van der Waals surface area (Å²) in [6.07, 6.45) is 5.35. The number of benzene rings is 1. The number of hydrogen-bond acceptors (Lipinski definition) is 5. The van der Waals surface area contributed by atoms with E-state index in [2.05, 4.69) is 15.2 Å². The Morgan fingerprint density at radius 2 is 1.88 bits per heavy atom. The highest BCUT2D eigenvalue weighted by Crippen LogP contribution is 2.30. The van der Waals surface area contributed by atoms with E-state index >= 15 is 0 Å². The molecule has 0 unspecified atom stereocenters. The van der Waals surface area contributed by atoms with Crippen LogP contribution in [0.1, 0.15) is 25.0 Å². The Morgan fingerprint density at radius 3 is 2.65 bits per heavy atom. The zero-order chi connectivity index (χ0) is 17.9. The van der Waals surface area contributed by atoms with Crippen molar-refractivity contribution in [3.63, 3.8) is 0 Å². The van der Waals surface area contributed by atoms with Gasteiger partial charge in [-0.25, -0.2) is 9.38 Å². The summed E-state index contributed by atoms with van der Waals surface area (Å²) in [7, 11) is 0. The van der Waals surface area contributed by atoms with Crippen LogP contribution in [0.3, 0.4) is 0 Å². The van der Waals surface area contributed by atoms with Crippen molar-refractivity contribution in [2.45, 2.75) is 19.3 Å². The number of nitrogens with one attached hydrogen (secondary N) is 1. The Kier molecular flexibility index (Phi) is 4.79. The number of hydrogen-bond donors (Lipinski definition) is 1. The fraction of sp³-hybridized carbons (Fsp3) is 0.263. The first-order valence-electron chi connectivity index (χ1n) is 8.57. The third-order valence-corrected chi connectivity index (χ3v) is 5.17. The summed E-state index contributed by atoms with van der Waals surface area (Å²) >= 11 is 1.24. The van der Waals surface area contributed by atoms with Crippen LogP contribution in [0.15, 0.2) is 50.7 Å². The second kappa shape index (κ2) is 7.37. The molecule has 1 N–H and O–H groups in total. The van der Waals surface area contributed by atoms with Gasteiger partial charge >= 0.3 is 0 Å². The molecule has 2 aliphatic heterocycles. The normalized spacial score (nSPS) is 20.8. The van der Waals surface area contributed by atoms with Crippen molar-refractivity contribution in [1.82, 2.24) is 5.32 Å². The number of carbonyl (C=O) groups excluding carboxylic acids is 1. The summed E-state index contributed by atoms with van der Waals surface area (Å²) in [5.41, 5.74) is 0.584. The molecule has 1 aromatic carbocycles. The maximum atomic E-state index is 13.0. The lowest BCUT2D eigenvalue weighted by atomic mass is 10.1. The minimum Gasteiger partial charge on any atom is -0.441 e. The van der Waals surface area contributed by atoms with Crippen LogP contribution in [0, 0.1) is 5.82 Å². The van der Waals surface area contributed by atoms with Gasteiger partial charge < -0.3 is 14.6 Å². The van der Waals surface area contributed by atoms with E-state index in [1.165, 1.54) is 43.2 Å². The molecular formula is C19H18FN3O2S. The number of halogens is 1. The molecule has 0 radical (unpaired) electrons. The minimum absolute atomic E-state index is 0.216. The number of amidine groups is 1. The SMILES string of the molecule is O=C1NC(=Nc2ccc(F)cc2)SC1=Cc1ccc(N2CCCCC2)o1. The van der Waals surface area contributed by atoms with Gasteiger partial charge in [-0.1, -0.05) is 0 Å². The van der Waals surface area contributed by atoms with Crippen molar-refractivity contribution >= 4 is 40.5 Å². The summed E-state index contributed by atoms with van der Waals surface area (Å²) in [4.78, 5) is 19.2. The lowest BCUT2D eigenvalue weighted by Gasteiger charge is -2.25. The van der Waals surface area contributed by atoms with Crippen LogP contribution in [0.4, 0.5) is 16.0 Å². The largest absolute Gasteiger partial charge is 0.441 e. The molecular weight excluding hydrogens is 353 g/mol. The molecule has 26 heavy (non-hydrogen) atoms. The Bertz CT molecular complexity index is 867. The van der Waals surface area contributed by atoms with Gasteiger partial charge in [0.1, 0.15) is 11.6 Å². The van der Waals surface area contributed by atoms with Crippen LogP contribution >= 0.6 is 11.8 Å². The number of amides is 1. The second-order valence-corrected chi connectivity index (χ2v) is 7.21. The third kappa shape index (κ3) is 3.83. The molecule has 2 aliphatic rings. The highest BCUT2D eigenvalue weighted by Gasteiger charge is 2.24. The molecule has 2 aromatic rings. The zero-order valence-corrected chi connectivity index (χ0v) is 14.9. The molecule has 7 heteroatoms. The van der Waals surface area contributed by atoms with Crippen LogP contribution < -0.4 is 10.2 Å². The number of furan rings is 1. The van der Waals surface area contributed by atoms with Crippen molar-refractivity contribution < 1.29 is 13.6 Å². The topological polar surface area (TPSA) is 57.8 Å². The molecule has 0 atom stereocenters. The zero-order valence-electron chi connectivity index (χ0n) is 14.1. The minimum atomic E-state index is -0.319. The molecule has 0 spiro atoms. The quantitative estimate of drug-likeness (QED) is 0.818. The maximum absolute atomic E-state index is 13.0. The van der Waals surface area contributed by atoms with E-state index in [1.54, 1.807) is 18.2 Å². The van der Waals surface area contributed by atoms with E-state index < -0.39 is 0 Å². The Hall–Kier alpha value is -2.54. The lowest BCUT2D eigenvalue weighted by Crippen LogP contribution is -2.28. The summed E-state index contributed by atoms with van der Waals surface area (Å²) in [5, 5.41) is 3.19. The van der Waals surface area contributed by atoms with Crippen molar-refractivity contribution in [1.29, 1.82) is 0 Å². The number of nitrogens with zero attached hydrogens (tertiary/aromatic N) is 2. The van der Waals surface area contributed by atoms with Crippen molar-refractivity contribution in [3.8, 4) is 0 Å². The molecule has 5 nitrogen and oxygen atoms in total. The third-order valence-electron chi connectivity index (χ3n) is 4.26. The second-order valence-electron chi connectivity index (χ2n) is 6.18. The molecule has 4 rings (SSSR count). The summed E-state index contributed by atoms with van der Waals surface area (Å²) in [5.74, 6) is 0.957. The monoisotopic (exact) mass is 371 g/mol. The van der Waals surface area contributed by atoms with Gasteiger partial charge in [-0.05, 0) is 61.4 Å². The number of anilines is 1. The molecule has 1 aromatic heterocycles. The summed E-state index contributed by atoms with van der Waals surface area (Å²) < 4.78 is 18.8. The molecule has 134 valence electrons. The average molecular weight is 371 g/mol. The first-order valence-corrected chi connectivity index (χ1v) is 9.39. The highest BCUT2D eigenvalue weighted by atomic mass is 32.2. The summed E-state index contributed by atoms with van der Waals surface area (Å²) in [6, 6.07) is 9.62. The summed E-state index contributed by atoms with van der Waals surface area (Å²) in [6.45, 7) is 2.01. The molecule has 2 saturated heterocycles.